The smallest absolute Gasteiger partial charge is 0.309 e. The van der Waals surface area contributed by atoms with E-state index >= 15 is 0 Å². The van der Waals surface area contributed by atoms with Crippen LogP contribution in [-0.4, -0.2) is 22.2 Å². The van der Waals surface area contributed by atoms with Crippen LogP contribution in [0.25, 0.3) is 0 Å². The van der Waals surface area contributed by atoms with Gasteiger partial charge in [-0.25, -0.2) is 0 Å². The van der Waals surface area contributed by atoms with Crippen LogP contribution in [0.4, 0.5) is 0 Å². The molecule has 0 radical (unpaired) electrons. The number of aliphatic carboxylic acids is 2. The minimum absolute atomic E-state index is 0.148. The molecule has 0 heterocycles. The van der Waals surface area contributed by atoms with Crippen molar-refractivity contribution < 1.29 is 19.8 Å². The molecule has 0 aromatic rings. The Morgan fingerprint density at radius 1 is 0.950 bits per heavy atom. The number of hydrogen-bond acceptors (Lipinski definition) is 2. The zero-order chi connectivity index (χ0) is 14.3. The third-order valence-electron chi connectivity index (χ3n) is 6.33. The third kappa shape index (κ3) is 2.04. The first-order valence-electron chi connectivity index (χ1n) is 8.01. The lowest BCUT2D eigenvalue weighted by Crippen LogP contribution is -2.53. The molecule has 0 aliphatic heterocycles. The quantitative estimate of drug-likeness (QED) is 0.814. The molecule has 0 spiro atoms. The predicted octanol–water partition coefficient (Wildman–Crippen LogP) is 3.16. The number of fused-ring (bicyclic) bond motifs is 2. The third-order valence-corrected chi connectivity index (χ3v) is 6.33. The highest BCUT2D eigenvalue weighted by Crippen LogP contribution is 2.58. The Morgan fingerprint density at radius 2 is 1.65 bits per heavy atom. The second kappa shape index (κ2) is 5.05. The molecule has 3 rings (SSSR count). The second-order valence-electron chi connectivity index (χ2n) is 7.15. The van der Waals surface area contributed by atoms with E-state index in [1.54, 1.807) is 0 Å². The molecule has 3 aliphatic rings. The average molecular weight is 280 g/mol. The van der Waals surface area contributed by atoms with Crippen LogP contribution >= 0.6 is 0 Å². The molecule has 112 valence electrons. The highest BCUT2D eigenvalue weighted by molar-refractivity contribution is 5.78. The fourth-order valence-corrected chi connectivity index (χ4v) is 5.36. The Kier molecular flexibility index (Phi) is 3.51. The van der Waals surface area contributed by atoms with Crippen molar-refractivity contribution in [2.75, 3.05) is 0 Å². The largest absolute Gasteiger partial charge is 0.481 e. The van der Waals surface area contributed by atoms with Crippen molar-refractivity contribution in [1.29, 1.82) is 0 Å². The van der Waals surface area contributed by atoms with Gasteiger partial charge in [-0.3, -0.25) is 9.59 Å². The van der Waals surface area contributed by atoms with E-state index < -0.39 is 23.3 Å². The highest BCUT2D eigenvalue weighted by Gasteiger charge is 2.57. The van der Waals surface area contributed by atoms with Crippen LogP contribution in [0.2, 0.25) is 0 Å². The summed E-state index contributed by atoms with van der Waals surface area (Å²) in [5.74, 6) is -1.02. The maximum atomic E-state index is 12.0. The number of carboxylic acids is 2. The molecule has 20 heavy (non-hydrogen) atoms. The molecule has 0 amide bonds. The van der Waals surface area contributed by atoms with E-state index in [9.17, 15) is 19.8 Å². The van der Waals surface area contributed by atoms with Gasteiger partial charge in [0.2, 0.25) is 0 Å². The van der Waals surface area contributed by atoms with E-state index in [4.69, 9.17) is 0 Å². The van der Waals surface area contributed by atoms with Crippen molar-refractivity contribution in [2.45, 2.75) is 57.8 Å². The van der Waals surface area contributed by atoms with Crippen LogP contribution in [0, 0.1) is 29.1 Å². The minimum atomic E-state index is -0.783. The van der Waals surface area contributed by atoms with Crippen LogP contribution in [0.3, 0.4) is 0 Å². The molecule has 0 aromatic heterocycles. The Labute approximate surface area is 119 Å². The monoisotopic (exact) mass is 280 g/mol. The maximum absolute atomic E-state index is 12.0. The normalized spacial score (nSPS) is 44.2. The van der Waals surface area contributed by atoms with Gasteiger partial charge in [-0.1, -0.05) is 32.1 Å². The van der Waals surface area contributed by atoms with Crippen molar-refractivity contribution >= 4 is 11.9 Å². The van der Waals surface area contributed by atoms with Crippen molar-refractivity contribution in [2.24, 2.45) is 29.1 Å². The fourth-order valence-electron chi connectivity index (χ4n) is 5.36. The summed E-state index contributed by atoms with van der Waals surface area (Å²) in [5, 5.41) is 19.3. The molecule has 5 unspecified atom stereocenters. The van der Waals surface area contributed by atoms with Crippen LogP contribution in [0.15, 0.2) is 0 Å². The lowest BCUT2D eigenvalue weighted by atomic mass is 9.50. The van der Waals surface area contributed by atoms with Gasteiger partial charge in [-0.15, -0.1) is 0 Å². The zero-order valence-electron chi connectivity index (χ0n) is 11.9. The van der Waals surface area contributed by atoms with E-state index in [2.05, 4.69) is 0 Å². The van der Waals surface area contributed by atoms with Gasteiger partial charge in [0.1, 0.15) is 0 Å². The summed E-state index contributed by atoms with van der Waals surface area (Å²) in [6.45, 7) is 0. The van der Waals surface area contributed by atoms with Gasteiger partial charge in [0.05, 0.1) is 11.3 Å². The molecular weight excluding hydrogens is 256 g/mol. The van der Waals surface area contributed by atoms with Crippen molar-refractivity contribution in [3.8, 4) is 0 Å². The Bertz CT molecular complexity index is 419. The Balaban J connectivity index is 1.93. The minimum Gasteiger partial charge on any atom is -0.481 e. The number of rotatable bonds is 2. The molecule has 4 nitrogen and oxygen atoms in total. The summed E-state index contributed by atoms with van der Waals surface area (Å²) in [7, 11) is 0. The van der Waals surface area contributed by atoms with E-state index in [0.29, 0.717) is 24.7 Å². The Morgan fingerprint density at radius 3 is 2.30 bits per heavy atom. The molecule has 5 atom stereocenters. The summed E-state index contributed by atoms with van der Waals surface area (Å²) < 4.78 is 0. The lowest BCUT2D eigenvalue weighted by molar-refractivity contribution is -0.172. The number of hydrogen-bond donors (Lipinski definition) is 2. The molecule has 2 N–H and O–H groups in total. The summed E-state index contributed by atoms with van der Waals surface area (Å²) >= 11 is 0. The van der Waals surface area contributed by atoms with Crippen molar-refractivity contribution in [3.63, 3.8) is 0 Å². The molecule has 0 aromatic carbocycles. The van der Waals surface area contributed by atoms with Gasteiger partial charge >= 0.3 is 11.9 Å². The summed E-state index contributed by atoms with van der Waals surface area (Å²) in [6.07, 6.45) is 8.39. The van der Waals surface area contributed by atoms with Gasteiger partial charge in [0.25, 0.3) is 0 Å². The van der Waals surface area contributed by atoms with E-state index in [1.165, 1.54) is 19.3 Å². The standard InChI is InChI=1S/C16H24O4/c17-14(18)12-6-3-7-16(15(19)20)9-11-5-2-1-4-10(11)8-13(12)16/h10-13H,1-9H2,(H,17,18)(H,19,20). The average Bonchev–Trinajstić information content (AvgIpc) is 2.43. The Hall–Kier alpha value is -1.06. The molecule has 3 saturated carbocycles. The van der Waals surface area contributed by atoms with Crippen LogP contribution < -0.4 is 0 Å². The van der Waals surface area contributed by atoms with Crippen LogP contribution in [0.1, 0.15) is 57.8 Å². The molecule has 3 fully saturated rings. The number of carboxylic acid groups (broad SMARTS) is 2. The lowest BCUT2D eigenvalue weighted by Gasteiger charge is -2.53. The molecule has 4 heteroatoms. The van der Waals surface area contributed by atoms with E-state index in [0.717, 1.165) is 25.7 Å². The summed E-state index contributed by atoms with van der Waals surface area (Å²) in [5.41, 5.74) is -0.750. The zero-order valence-corrected chi connectivity index (χ0v) is 11.9. The molecule has 0 saturated heterocycles. The summed E-state index contributed by atoms with van der Waals surface area (Å²) in [4.78, 5) is 23.5. The molecular formula is C16H24O4. The van der Waals surface area contributed by atoms with Gasteiger partial charge in [-0.05, 0) is 43.4 Å². The first kappa shape index (κ1) is 13.9. The van der Waals surface area contributed by atoms with E-state index in [-0.39, 0.29) is 5.92 Å². The van der Waals surface area contributed by atoms with E-state index in [1.807, 2.05) is 0 Å². The van der Waals surface area contributed by atoms with Gasteiger partial charge in [0.15, 0.2) is 0 Å². The SMILES string of the molecule is O=C(O)C1CCCC2(C(=O)O)CC3CCCCC3CC12. The first-order chi connectivity index (χ1) is 9.54. The fraction of sp³-hybridized carbons (Fsp3) is 0.875. The second-order valence-corrected chi connectivity index (χ2v) is 7.15. The molecule has 3 aliphatic carbocycles. The topological polar surface area (TPSA) is 74.6 Å². The van der Waals surface area contributed by atoms with Crippen molar-refractivity contribution in [3.05, 3.63) is 0 Å². The predicted molar refractivity (Wildman–Crippen MR) is 73.2 cm³/mol. The summed E-state index contributed by atoms with van der Waals surface area (Å²) in [6, 6.07) is 0. The maximum Gasteiger partial charge on any atom is 0.309 e. The van der Waals surface area contributed by atoms with Crippen LogP contribution in [0.5, 0.6) is 0 Å². The first-order valence-corrected chi connectivity index (χ1v) is 8.01. The van der Waals surface area contributed by atoms with Crippen molar-refractivity contribution in [1.82, 2.24) is 0 Å². The highest BCUT2D eigenvalue weighted by atomic mass is 16.4. The molecule has 0 bridgehead atoms. The van der Waals surface area contributed by atoms with Gasteiger partial charge < -0.3 is 10.2 Å². The van der Waals surface area contributed by atoms with Gasteiger partial charge in [-0.2, -0.15) is 0 Å². The van der Waals surface area contributed by atoms with Gasteiger partial charge in [0, 0.05) is 0 Å². The van der Waals surface area contributed by atoms with Crippen LogP contribution in [-0.2, 0) is 9.59 Å². The number of carbonyl (C=O) groups is 2.